The highest BCUT2D eigenvalue weighted by atomic mass is 16.5. The molecule has 0 saturated carbocycles. The molecule has 0 aliphatic carbocycles. The summed E-state index contributed by atoms with van der Waals surface area (Å²) in [5, 5.41) is 20.7. The second-order valence-corrected chi connectivity index (χ2v) is 8.09. The minimum Gasteiger partial charge on any atom is -0.619 e. The Labute approximate surface area is 161 Å². The summed E-state index contributed by atoms with van der Waals surface area (Å²) in [6, 6.07) is 0. The van der Waals surface area contributed by atoms with Crippen LogP contribution in [0, 0.1) is 5.21 Å². The molecule has 0 aromatic carbocycles. The maximum atomic E-state index is 11.8. The van der Waals surface area contributed by atoms with Gasteiger partial charge in [-0.05, 0) is 19.3 Å². The van der Waals surface area contributed by atoms with E-state index in [0.717, 1.165) is 36.9 Å². The van der Waals surface area contributed by atoms with Gasteiger partial charge in [-0.3, -0.25) is 0 Å². The summed E-state index contributed by atoms with van der Waals surface area (Å²) in [5.74, 6) is 1.51. The lowest BCUT2D eigenvalue weighted by molar-refractivity contribution is -0.605. The summed E-state index contributed by atoms with van der Waals surface area (Å²) >= 11 is 0. The van der Waals surface area contributed by atoms with E-state index in [2.05, 4.69) is 35.9 Å². The van der Waals surface area contributed by atoms with Gasteiger partial charge in [0.25, 0.3) is 5.89 Å². The number of fused-ring (bicyclic) bond motifs is 4. The molecule has 2 atom stereocenters. The molecule has 9 nitrogen and oxygen atoms in total. The topological polar surface area (TPSA) is 106 Å². The van der Waals surface area contributed by atoms with Gasteiger partial charge in [-0.15, -0.1) is 0 Å². The first-order valence-corrected chi connectivity index (χ1v) is 9.63. The van der Waals surface area contributed by atoms with Crippen LogP contribution in [0.4, 0.5) is 0 Å². The van der Waals surface area contributed by atoms with Crippen LogP contribution >= 0.6 is 0 Å². The molecule has 0 radical (unpaired) electrons. The largest absolute Gasteiger partial charge is 0.619 e. The highest BCUT2D eigenvalue weighted by Gasteiger charge is 2.41. The van der Waals surface area contributed by atoms with Crippen LogP contribution in [0.5, 0.6) is 0 Å². The molecule has 3 aromatic heterocycles. The molecule has 0 spiro atoms. The number of ether oxygens (including phenoxy) is 1. The monoisotopic (exact) mass is 382 g/mol. The van der Waals surface area contributed by atoms with Crippen molar-refractivity contribution in [2.45, 2.75) is 64.1 Å². The zero-order valence-electron chi connectivity index (χ0n) is 16.1. The van der Waals surface area contributed by atoms with Crippen molar-refractivity contribution in [2.75, 3.05) is 0 Å². The van der Waals surface area contributed by atoms with Gasteiger partial charge >= 0.3 is 0 Å². The first-order valence-electron chi connectivity index (χ1n) is 9.63. The first kappa shape index (κ1) is 17.3. The summed E-state index contributed by atoms with van der Waals surface area (Å²) in [4.78, 5) is 8.97. The summed E-state index contributed by atoms with van der Waals surface area (Å²) < 4.78 is 14.1. The van der Waals surface area contributed by atoms with E-state index < -0.39 is 0 Å². The molecule has 5 heterocycles. The number of rotatable bonds is 4. The van der Waals surface area contributed by atoms with Crippen molar-refractivity contribution >= 4 is 0 Å². The van der Waals surface area contributed by atoms with Crippen molar-refractivity contribution in [1.82, 2.24) is 24.9 Å². The molecule has 2 unspecified atom stereocenters. The summed E-state index contributed by atoms with van der Waals surface area (Å²) in [5.41, 5.74) is 2.45. The van der Waals surface area contributed by atoms with Crippen LogP contribution in [0.1, 0.15) is 63.2 Å². The van der Waals surface area contributed by atoms with Crippen molar-refractivity contribution in [2.24, 2.45) is 0 Å². The molecule has 0 N–H and O–H groups in total. The van der Waals surface area contributed by atoms with E-state index in [1.165, 1.54) is 18.6 Å². The van der Waals surface area contributed by atoms with E-state index in [0.29, 0.717) is 28.0 Å². The quantitative estimate of drug-likeness (QED) is 0.504. The molecule has 3 aromatic rings. The lowest BCUT2D eigenvalue weighted by atomic mass is 9.89. The number of nitrogens with zero attached hydrogens (tertiary/aromatic N) is 6. The van der Waals surface area contributed by atoms with Gasteiger partial charge in [-0.2, -0.15) is 14.8 Å². The first-order chi connectivity index (χ1) is 13.5. The summed E-state index contributed by atoms with van der Waals surface area (Å²) in [7, 11) is 0. The van der Waals surface area contributed by atoms with Crippen molar-refractivity contribution in [3.8, 4) is 17.4 Å². The van der Waals surface area contributed by atoms with Gasteiger partial charge in [0.1, 0.15) is 6.10 Å². The fourth-order valence-electron chi connectivity index (χ4n) is 3.85. The molecular formula is C19H22N6O3. The Morgan fingerprint density at radius 1 is 1.36 bits per heavy atom. The van der Waals surface area contributed by atoms with Gasteiger partial charge in [0, 0.05) is 17.4 Å². The smallest absolute Gasteiger partial charge is 0.278 e. The predicted octanol–water partition coefficient (Wildman–Crippen LogP) is 2.41. The van der Waals surface area contributed by atoms with Gasteiger partial charge in [0.2, 0.25) is 12.0 Å². The van der Waals surface area contributed by atoms with E-state index in [9.17, 15) is 5.21 Å². The third-order valence-electron chi connectivity index (χ3n) is 5.87. The molecule has 2 bridgehead atoms. The Bertz CT molecular complexity index is 1040. The van der Waals surface area contributed by atoms with Crippen LogP contribution < -0.4 is 4.73 Å². The summed E-state index contributed by atoms with van der Waals surface area (Å²) in [6.07, 6.45) is 7.88. The highest BCUT2D eigenvalue weighted by molar-refractivity contribution is 5.57. The maximum Gasteiger partial charge on any atom is 0.278 e. The Balaban J connectivity index is 1.67. The van der Waals surface area contributed by atoms with Crippen molar-refractivity contribution < 1.29 is 14.0 Å². The van der Waals surface area contributed by atoms with Gasteiger partial charge in [-0.1, -0.05) is 25.9 Å². The standard InChI is InChI=1S/C19H22N6O3/c1-4-19(2,3)18-21-17(28-23-18)15-12-9-11-5-6-13(27-11)16(12)25(22-15)14-10-24(26)8-7-20-14/h7-8,10-11,13H,4-6,9H2,1-3H3. The molecule has 2 aliphatic heterocycles. The van der Waals surface area contributed by atoms with E-state index in [1.54, 1.807) is 4.68 Å². The Morgan fingerprint density at radius 3 is 3.00 bits per heavy atom. The molecular weight excluding hydrogens is 360 g/mol. The number of aromatic nitrogens is 6. The second-order valence-electron chi connectivity index (χ2n) is 8.09. The van der Waals surface area contributed by atoms with Crippen molar-refractivity contribution in [3.05, 3.63) is 40.9 Å². The van der Waals surface area contributed by atoms with Gasteiger partial charge in [0.15, 0.2) is 17.7 Å². The highest BCUT2D eigenvalue weighted by Crippen LogP contribution is 2.44. The Morgan fingerprint density at radius 2 is 2.21 bits per heavy atom. The van der Waals surface area contributed by atoms with Crippen LogP contribution in [-0.4, -0.2) is 31.0 Å². The molecule has 146 valence electrons. The minimum atomic E-state index is -0.179. The Kier molecular flexibility index (Phi) is 3.77. The molecule has 9 heteroatoms. The van der Waals surface area contributed by atoms with Gasteiger partial charge in [0.05, 0.1) is 18.0 Å². The molecule has 1 fully saturated rings. The zero-order valence-corrected chi connectivity index (χ0v) is 16.1. The van der Waals surface area contributed by atoms with E-state index in [4.69, 9.17) is 14.4 Å². The second kappa shape index (κ2) is 6.10. The van der Waals surface area contributed by atoms with Crippen LogP contribution in [0.3, 0.4) is 0 Å². The van der Waals surface area contributed by atoms with Crippen LogP contribution in [-0.2, 0) is 16.6 Å². The van der Waals surface area contributed by atoms with Crippen molar-refractivity contribution in [3.63, 3.8) is 0 Å². The predicted molar refractivity (Wildman–Crippen MR) is 97.5 cm³/mol. The molecule has 28 heavy (non-hydrogen) atoms. The van der Waals surface area contributed by atoms with Gasteiger partial charge < -0.3 is 14.5 Å². The van der Waals surface area contributed by atoms with E-state index >= 15 is 0 Å². The lowest BCUT2D eigenvalue weighted by Gasteiger charge is -2.21. The minimum absolute atomic E-state index is 0.0633. The lowest BCUT2D eigenvalue weighted by Crippen LogP contribution is -2.27. The molecule has 0 amide bonds. The fraction of sp³-hybridized carbons (Fsp3) is 0.526. The van der Waals surface area contributed by atoms with Crippen LogP contribution in [0.15, 0.2) is 23.1 Å². The molecule has 2 aliphatic rings. The molecule has 1 saturated heterocycles. The summed E-state index contributed by atoms with van der Waals surface area (Å²) in [6.45, 7) is 6.27. The van der Waals surface area contributed by atoms with Crippen LogP contribution in [0.2, 0.25) is 0 Å². The average Bonchev–Trinajstić information content (AvgIpc) is 3.39. The fourth-order valence-corrected chi connectivity index (χ4v) is 3.85. The van der Waals surface area contributed by atoms with Crippen LogP contribution in [0.25, 0.3) is 17.4 Å². The van der Waals surface area contributed by atoms with Crippen molar-refractivity contribution in [1.29, 1.82) is 0 Å². The average molecular weight is 382 g/mol. The Hall–Kier alpha value is -2.81. The number of hydrogen-bond donors (Lipinski definition) is 0. The third-order valence-corrected chi connectivity index (χ3v) is 5.87. The number of hydrogen-bond acceptors (Lipinski definition) is 7. The zero-order chi connectivity index (χ0) is 19.5. The van der Waals surface area contributed by atoms with Gasteiger partial charge in [-0.25, -0.2) is 9.67 Å². The maximum absolute atomic E-state index is 11.8. The van der Waals surface area contributed by atoms with E-state index in [-0.39, 0.29) is 17.6 Å². The third kappa shape index (κ3) is 2.61. The van der Waals surface area contributed by atoms with E-state index in [1.807, 2.05) is 0 Å². The normalized spacial score (nSPS) is 21.1. The SMILES string of the molecule is CCC(C)(C)c1noc(-c2nn(-c3c[n+]([O-])ccn3)c3c2CC2CCC3O2)n1. The molecule has 5 rings (SSSR count).